The molecule has 144 valence electrons. The van der Waals surface area contributed by atoms with Gasteiger partial charge in [0, 0.05) is 18.0 Å². The van der Waals surface area contributed by atoms with Gasteiger partial charge in [0.25, 0.3) is 0 Å². The van der Waals surface area contributed by atoms with Crippen molar-refractivity contribution in [3.63, 3.8) is 0 Å². The van der Waals surface area contributed by atoms with Crippen molar-refractivity contribution < 1.29 is 19.1 Å². The Morgan fingerprint density at radius 3 is 2.93 bits per heavy atom. The molecule has 1 atom stereocenters. The third-order valence-electron chi connectivity index (χ3n) is 4.57. The van der Waals surface area contributed by atoms with Crippen molar-refractivity contribution in [2.45, 2.75) is 13.0 Å². The van der Waals surface area contributed by atoms with E-state index in [1.807, 2.05) is 24.3 Å². The van der Waals surface area contributed by atoms with E-state index in [-0.39, 0.29) is 25.5 Å². The largest absolute Gasteiger partial charge is 0.495 e. The fraction of sp³-hybridized carbons (Fsp3) is 0.250. The molecule has 1 saturated heterocycles. The number of methoxy groups -OCH3 is 1. The van der Waals surface area contributed by atoms with Crippen LogP contribution in [-0.4, -0.2) is 30.5 Å². The van der Waals surface area contributed by atoms with E-state index in [9.17, 15) is 9.59 Å². The quantitative estimate of drug-likeness (QED) is 0.587. The number of aromatic nitrogens is 1. The maximum Gasteiger partial charge on any atom is 0.311 e. The summed E-state index contributed by atoms with van der Waals surface area (Å²) >= 11 is 7.55. The van der Waals surface area contributed by atoms with Gasteiger partial charge in [0.2, 0.25) is 5.91 Å². The van der Waals surface area contributed by atoms with Crippen molar-refractivity contribution in [2.75, 3.05) is 18.6 Å². The molecule has 1 aliphatic heterocycles. The molecule has 28 heavy (non-hydrogen) atoms. The number of fused-ring (bicyclic) bond motifs is 1. The molecule has 2 heterocycles. The summed E-state index contributed by atoms with van der Waals surface area (Å²) in [6.07, 6.45) is 0.0916. The number of rotatable bonds is 5. The Hall–Kier alpha value is -2.64. The van der Waals surface area contributed by atoms with Crippen LogP contribution in [0.1, 0.15) is 11.4 Å². The number of halogens is 1. The molecule has 1 fully saturated rings. The number of para-hydroxylation sites is 1. The van der Waals surface area contributed by atoms with E-state index >= 15 is 0 Å². The smallest absolute Gasteiger partial charge is 0.311 e. The number of benzene rings is 2. The minimum absolute atomic E-state index is 0.0916. The maximum atomic E-state index is 12.5. The second-order valence-electron chi connectivity index (χ2n) is 6.40. The Morgan fingerprint density at radius 1 is 1.32 bits per heavy atom. The highest BCUT2D eigenvalue weighted by atomic mass is 35.5. The van der Waals surface area contributed by atoms with Gasteiger partial charge in [-0.15, -0.1) is 11.3 Å². The third kappa shape index (κ3) is 3.68. The van der Waals surface area contributed by atoms with E-state index in [0.29, 0.717) is 16.5 Å². The van der Waals surface area contributed by atoms with Crippen molar-refractivity contribution >= 4 is 50.7 Å². The number of carbonyl (C=O) groups excluding carboxylic acids is 2. The first-order valence-corrected chi connectivity index (χ1v) is 9.89. The standard InChI is InChI=1S/C20H17ClN2O4S/c1-26-16-7-6-13(21)9-15(16)23-10-12(8-19(23)24)20(25)27-11-18-22-14-4-2-3-5-17(14)28-18/h2-7,9,12H,8,10-11H2,1H3/t12-/m1/s1. The second-order valence-corrected chi connectivity index (χ2v) is 7.96. The van der Waals surface area contributed by atoms with Crippen LogP contribution in [0.5, 0.6) is 5.75 Å². The van der Waals surface area contributed by atoms with Crippen molar-refractivity contribution in [1.29, 1.82) is 0 Å². The molecule has 0 N–H and O–H groups in total. The molecular formula is C20H17ClN2O4S. The Balaban J connectivity index is 1.43. The van der Waals surface area contributed by atoms with E-state index in [4.69, 9.17) is 21.1 Å². The zero-order chi connectivity index (χ0) is 19.7. The van der Waals surface area contributed by atoms with E-state index in [2.05, 4.69) is 4.98 Å². The first-order chi connectivity index (χ1) is 13.5. The monoisotopic (exact) mass is 416 g/mol. The Bertz CT molecular complexity index is 1020. The normalized spacial score (nSPS) is 16.6. The van der Waals surface area contributed by atoms with E-state index in [1.54, 1.807) is 18.2 Å². The van der Waals surface area contributed by atoms with Crippen LogP contribution in [0.4, 0.5) is 5.69 Å². The van der Waals surface area contributed by atoms with E-state index in [0.717, 1.165) is 15.2 Å². The van der Waals surface area contributed by atoms with Crippen LogP contribution in [0.25, 0.3) is 10.2 Å². The molecule has 3 aromatic rings. The summed E-state index contributed by atoms with van der Waals surface area (Å²) in [6.45, 7) is 0.331. The van der Waals surface area contributed by atoms with Crippen LogP contribution in [-0.2, 0) is 20.9 Å². The zero-order valence-corrected chi connectivity index (χ0v) is 16.6. The summed E-state index contributed by atoms with van der Waals surface area (Å²) in [6, 6.07) is 12.8. The summed E-state index contributed by atoms with van der Waals surface area (Å²) < 4.78 is 11.8. The minimum atomic E-state index is -0.537. The fourth-order valence-corrected chi connectivity index (χ4v) is 4.25. The van der Waals surface area contributed by atoms with Crippen LogP contribution in [0.3, 0.4) is 0 Å². The predicted molar refractivity (Wildman–Crippen MR) is 108 cm³/mol. The third-order valence-corrected chi connectivity index (χ3v) is 5.81. The number of amides is 1. The van der Waals surface area contributed by atoms with Crippen molar-refractivity contribution in [1.82, 2.24) is 4.98 Å². The fourth-order valence-electron chi connectivity index (χ4n) is 3.20. The molecular weight excluding hydrogens is 400 g/mol. The van der Waals surface area contributed by atoms with Gasteiger partial charge in [0.05, 0.1) is 28.9 Å². The Labute approximate surface area is 170 Å². The number of carbonyl (C=O) groups is 2. The van der Waals surface area contributed by atoms with Gasteiger partial charge in [-0.05, 0) is 30.3 Å². The molecule has 1 amide bonds. The molecule has 1 aliphatic rings. The minimum Gasteiger partial charge on any atom is -0.495 e. The lowest BCUT2D eigenvalue weighted by Crippen LogP contribution is -2.26. The van der Waals surface area contributed by atoms with E-state index in [1.165, 1.54) is 23.3 Å². The Kier molecular flexibility index (Phi) is 5.19. The molecule has 0 bridgehead atoms. The van der Waals surface area contributed by atoms with Crippen LogP contribution < -0.4 is 9.64 Å². The lowest BCUT2D eigenvalue weighted by atomic mass is 10.1. The molecule has 2 aromatic carbocycles. The van der Waals surface area contributed by atoms with Gasteiger partial charge >= 0.3 is 5.97 Å². The first-order valence-electron chi connectivity index (χ1n) is 8.70. The Morgan fingerprint density at radius 2 is 2.14 bits per heavy atom. The predicted octanol–water partition coefficient (Wildman–Crippen LogP) is 4.05. The van der Waals surface area contributed by atoms with Gasteiger partial charge in [-0.1, -0.05) is 23.7 Å². The number of anilines is 1. The first kappa shape index (κ1) is 18.7. The lowest BCUT2D eigenvalue weighted by molar-refractivity contribution is -0.149. The highest BCUT2D eigenvalue weighted by Crippen LogP contribution is 2.35. The molecule has 0 unspecified atom stereocenters. The second kappa shape index (κ2) is 7.77. The molecule has 4 rings (SSSR count). The molecule has 8 heteroatoms. The number of hydrogen-bond donors (Lipinski definition) is 0. The number of thiazole rings is 1. The molecule has 0 aliphatic carbocycles. The highest BCUT2D eigenvalue weighted by Gasteiger charge is 2.37. The van der Waals surface area contributed by atoms with Crippen molar-refractivity contribution in [3.05, 3.63) is 52.5 Å². The average Bonchev–Trinajstić information content (AvgIpc) is 3.29. The molecule has 0 spiro atoms. The maximum absolute atomic E-state index is 12.5. The zero-order valence-electron chi connectivity index (χ0n) is 15.1. The van der Waals surface area contributed by atoms with Crippen LogP contribution >= 0.6 is 22.9 Å². The van der Waals surface area contributed by atoms with Crippen molar-refractivity contribution in [2.24, 2.45) is 5.92 Å². The lowest BCUT2D eigenvalue weighted by Gasteiger charge is -2.19. The van der Waals surface area contributed by atoms with E-state index < -0.39 is 11.9 Å². The van der Waals surface area contributed by atoms with Gasteiger partial charge in [0.15, 0.2) is 0 Å². The van der Waals surface area contributed by atoms with Gasteiger partial charge in [-0.2, -0.15) is 0 Å². The SMILES string of the molecule is COc1ccc(Cl)cc1N1C[C@H](C(=O)OCc2nc3ccccc3s2)CC1=O. The van der Waals surface area contributed by atoms with Gasteiger partial charge in [0.1, 0.15) is 17.4 Å². The molecule has 6 nitrogen and oxygen atoms in total. The number of esters is 1. The van der Waals surface area contributed by atoms with Gasteiger partial charge < -0.3 is 14.4 Å². The average molecular weight is 417 g/mol. The summed E-state index contributed by atoms with van der Waals surface area (Å²) in [7, 11) is 1.52. The van der Waals surface area contributed by atoms with Gasteiger partial charge in [-0.25, -0.2) is 4.98 Å². The number of hydrogen-bond acceptors (Lipinski definition) is 6. The molecule has 0 saturated carbocycles. The van der Waals surface area contributed by atoms with Crippen LogP contribution in [0, 0.1) is 5.92 Å². The van der Waals surface area contributed by atoms with Crippen LogP contribution in [0.15, 0.2) is 42.5 Å². The summed E-state index contributed by atoms with van der Waals surface area (Å²) in [4.78, 5) is 30.9. The highest BCUT2D eigenvalue weighted by molar-refractivity contribution is 7.18. The molecule has 0 radical (unpaired) electrons. The number of nitrogens with zero attached hydrogens (tertiary/aromatic N) is 2. The van der Waals surface area contributed by atoms with Crippen LogP contribution in [0.2, 0.25) is 5.02 Å². The summed E-state index contributed by atoms with van der Waals surface area (Å²) in [5.74, 6) is -0.578. The number of ether oxygens (including phenoxy) is 2. The molecule has 1 aromatic heterocycles. The van der Waals surface area contributed by atoms with Crippen molar-refractivity contribution in [3.8, 4) is 5.75 Å². The topological polar surface area (TPSA) is 68.7 Å². The van der Waals surface area contributed by atoms with Gasteiger partial charge in [-0.3, -0.25) is 9.59 Å². The summed E-state index contributed by atoms with van der Waals surface area (Å²) in [5, 5.41) is 1.22. The summed E-state index contributed by atoms with van der Waals surface area (Å²) in [5.41, 5.74) is 1.44.